The summed E-state index contributed by atoms with van der Waals surface area (Å²) in [7, 11) is 3.46. The van der Waals surface area contributed by atoms with Crippen molar-refractivity contribution in [2.24, 2.45) is 10.9 Å². The fourth-order valence-corrected chi connectivity index (χ4v) is 2.00. The van der Waals surface area contributed by atoms with Crippen molar-refractivity contribution in [2.75, 3.05) is 40.5 Å². The van der Waals surface area contributed by atoms with Crippen molar-refractivity contribution in [1.29, 1.82) is 0 Å². The molecule has 0 saturated heterocycles. The Labute approximate surface area is 140 Å². The molecule has 0 aliphatic carbocycles. The number of ether oxygens (including phenoxy) is 2. The topological polar surface area (TPSA) is 54.9 Å². The third-order valence-corrected chi connectivity index (χ3v) is 3.47. The maximum Gasteiger partial charge on any atom is 0.191 e. The summed E-state index contributed by atoms with van der Waals surface area (Å²) in [5.41, 5.74) is 1.27. The van der Waals surface area contributed by atoms with Gasteiger partial charge in [0.05, 0.1) is 13.7 Å². The molecule has 0 aliphatic rings. The summed E-state index contributed by atoms with van der Waals surface area (Å²) in [6.45, 7) is 7.53. The highest BCUT2D eigenvalue weighted by atomic mass is 16.5. The molecule has 0 aromatic heterocycles. The monoisotopic (exact) mass is 321 g/mol. The molecular formula is C18H31N3O2. The van der Waals surface area contributed by atoms with E-state index in [2.05, 4.69) is 41.6 Å². The van der Waals surface area contributed by atoms with Crippen molar-refractivity contribution in [3.63, 3.8) is 0 Å². The predicted molar refractivity (Wildman–Crippen MR) is 96.3 cm³/mol. The summed E-state index contributed by atoms with van der Waals surface area (Å²) in [6.07, 6.45) is 2.05. The van der Waals surface area contributed by atoms with E-state index >= 15 is 0 Å². The van der Waals surface area contributed by atoms with Crippen LogP contribution in [0.1, 0.15) is 25.8 Å². The van der Waals surface area contributed by atoms with Crippen LogP contribution in [0.2, 0.25) is 0 Å². The number of benzene rings is 1. The Morgan fingerprint density at radius 3 is 2.39 bits per heavy atom. The SMILES string of the molecule is CN=C(NCCOCCC(C)C)NCCc1ccc(OC)cc1. The number of nitrogens with one attached hydrogen (secondary N) is 2. The van der Waals surface area contributed by atoms with Gasteiger partial charge in [0.1, 0.15) is 5.75 Å². The van der Waals surface area contributed by atoms with Crippen LogP contribution in [-0.4, -0.2) is 46.4 Å². The Kier molecular flexibility index (Phi) is 9.87. The largest absolute Gasteiger partial charge is 0.497 e. The van der Waals surface area contributed by atoms with Crippen molar-refractivity contribution in [3.05, 3.63) is 29.8 Å². The van der Waals surface area contributed by atoms with Gasteiger partial charge in [0.2, 0.25) is 0 Å². The molecular weight excluding hydrogens is 290 g/mol. The fraction of sp³-hybridized carbons (Fsp3) is 0.611. The molecule has 0 bridgehead atoms. The van der Waals surface area contributed by atoms with Crippen LogP contribution in [0.3, 0.4) is 0 Å². The van der Waals surface area contributed by atoms with Crippen LogP contribution < -0.4 is 15.4 Å². The van der Waals surface area contributed by atoms with E-state index in [1.807, 2.05) is 12.1 Å². The number of hydrogen-bond donors (Lipinski definition) is 2. The minimum absolute atomic E-state index is 0.690. The first-order valence-electron chi connectivity index (χ1n) is 8.31. The van der Waals surface area contributed by atoms with E-state index in [0.717, 1.165) is 44.2 Å². The number of nitrogens with zero attached hydrogens (tertiary/aromatic N) is 1. The number of guanidine groups is 1. The van der Waals surface area contributed by atoms with Gasteiger partial charge in [0.15, 0.2) is 5.96 Å². The van der Waals surface area contributed by atoms with Crippen molar-refractivity contribution >= 4 is 5.96 Å². The molecule has 0 unspecified atom stereocenters. The van der Waals surface area contributed by atoms with Gasteiger partial charge >= 0.3 is 0 Å². The minimum atomic E-state index is 0.690. The van der Waals surface area contributed by atoms with E-state index in [0.29, 0.717) is 12.5 Å². The van der Waals surface area contributed by atoms with Crippen LogP contribution in [0, 0.1) is 5.92 Å². The van der Waals surface area contributed by atoms with E-state index in [1.165, 1.54) is 5.56 Å². The molecule has 1 aromatic rings. The summed E-state index contributed by atoms with van der Waals surface area (Å²) in [6, 6.07) is 8.13. The van der Waals surface area contributed by atoms with Crippen LogP contribution >= 0.6 is 0 Å². The Balaban J connectivity index is 2.13. The van der Waals surface area contributed by atoms with Gasteiger partial charge in [0, 0.05) is 26.7 Å². The molecule has 23 heavy (non-hydrogen) atoms. The van der Waals surface area contributed by atoms with Gasteiger partial charge < -0.3 is 20.1 Å². The molecule has 1 aromatic carbocycles. The summed E-state index contributed by atoms with van der Waals surface area (Å²) in [5, 5.41) is 6.56. The van der Waals surface area contributed by atoms with Crippen LogP contribution in [-0.2, 0) is 11.2 Å². The van der Waals surface area contributed by atoms with E-state index in [9.17, 15) is 0 Å². The number of aliphatic imine (C=N–C) groups is 1. The van der Waals surface area contributed by atoms with Gasteiger partial charge in [-0.05, 0) is 36.5 Å². The second kappa shape index (κ2) is 11.8. The smallest absolute Gasteiger partial charge is 0.191 e. The Hall–Kier alpha value is -1.75. The molecule has 5 nitrogen and oxygen atoms in total. The van der Waals surface area contributed by atoms with Crippen molar-refractivity contribution in [2.45, 2.75) is 26.7 Å². The van der Waals surface area contributed by atoms with Crippen LogP contribution in [0.15, 0.2) is 29.3 Å². The van der Waals surface area contributed by atoms with Gasteiger partial charge in [-0.25, -0.2) is 0 Å². The van der Waals surface area contributed by atoms with E-state index in [-0.39, 0.29) is 0 Å². The van der Waals surface area contributed by atoms with Crippen molar-refractivity contribution in [3.8, 4) is 5.75 Å². The van der Waals surface area contributed by atoms with Crippen LogP contribution in [0.4, 0.5) is 0 Å². The van der Waals surface area contributed by atoms with Gasteiger partial charge in [-0.3, -0.25) is 4.99 Å². The lowest BCUT2D eigenvalue weighted by Gasteiger charge is -2.12. The van der Waals surface area contributed by atoms with E-state index < -0.39 is 0 Å². The lowest BCUT2D eigenvalue weighted by atomic mass is 10.1. The molecule has 0 saturated carbocycles. The fourth-order valence-electron chi connectivity index (χ4n) is 2.00. The van der Waals surface area contributed by atoms with Gasteiger partial charge in [-0.15, -0.1) is 0 Å². The average Bonchev–Trinajstić information content (AvgIpc) is 2.56. The standard InChI is InChI=1S/C18H31N3O2/c1-15(2)10-13-23-14-12-21-18(19-3)20-11-9-16-5-7-17(22-4)8-6-16/h5-8,15H,9-14H2,1-4H3,(H2,19,20,21). The molecule has 130 valence electrons. The normalized spacial score (nSPS) is 11.6. The molecule has 0 amide bonds. The molecule has 1 rings (SSSR count). The molecule has 0 spiro atoms. The van der Waals surface area contributed by atoms with Crippen molar-refractivity contribution in [1.82, 2.24) is 10.6 Å². The second-order valence-electron chi connectivity index (χ2n) is 5.82. The lowest BCUT2D eigenvalue weighted by molar-refractivity contribution is 0.128. The molecule has 5 heteroatoms. The summed E-state index contributed by atoms with van der Waals surface area (Å²) < 4.78 is 10.7. The maximum atomic E-state index is 5.58. The Morgan fingerprint density at radius 2 is 1.78 bits per heavy atom. The summed E-state index contributed by atoms with van der Waals surface area (Å²) >= 11 is 0. The highest BCUT2D eigenvalue weighted by molar-refractivity contribution is 5.79. The van der Waals surface area contributed by atoms with Gasteiger partial charge in [-0.1, -0.05) is 26.0 Å². The highest BCUT2D eigenvalue weighted by Gasteiger charge is 1.99. The molecule has 2 N–H and O–H groups in total. The maximum absolute atomic E-state index is 5.58. The third-order valence-electron chi connectivity index (χ3n) is 3.47. The zero-order chi connectivity index (χ0) is 16.9. The first-order valence-corrected chi connectivity index (χ1v) is 8.31. The summed E-state index contributed by atoms with van der Waals surface area (Å²) in [4.78, 5) is 4.21. The summed E-state index contributed by atoms with van der Waals surface area (Å²) in [5.74, 6) is 2.39. The van der Waals surface area contributed by atoms with E-state index in [1.54, 1.807) is 14.2 Å². The first-order chi connectivity index (χ1) is 11.2. The first kappa shape index (κ1) is 19.3. The zero-order valence-electron chi connectivity index (χ0n) is 14.9. The molecule has 0 fully saturated rings. The molecule has 0 heterocycles. The predicted octanol–water partition coefficient (Wildman–Crippen LogP) is 2.47. The minimum Gasteiger partial charge on any atom is -0.497 e. The number of methoxy groups -OCH3 is 1. The third kappa shape index (κ3) is 9.08. The molecule has 0 radical (unpaired) electrons. The Morgan fingerprint density at radius 1 is 1.09 bits per heavy atom. The van der Waals surface area contributed by atoms with E-state index in [4.69, 9.17) is 9.47 Å². The lowest BCUT2D eigenvalue weighted by Crippen LogP contribution is -2.39. The number of hydrogen-bond acceptors (Lipinski definition) is 3. The molecule has 0 aliphatic heterocycles. The quantitative estimate of drug-likeness (QED) is 0.395. The zero-order valence-corrected chi connectivity index (χ0v) is 14.9. The van der Waals surface area contributed by atoms with Crippen LogP contribution in [0.5, 0.6) is 5.75 Å². The number of rotatable bonds is 10. The van der Waals surface area contributed by atoms with Crippen molar-refractivity contribution < 1.29 is 9.47 Å². The second-order valence-corrected chi connectivity index (χ2v) is 5.82. The van der Waals surface area contributed by atoms with Crippen LogP contribution in [0.25, 0.3) is 0 Å². The molecule has 0 atom stereocenters. The highest BCUT2D eigenvalue weighted by Crippen LogP contribution is 2.11. The van der Waals surface area contributed by atoms with Gasteiger partial charge in [-0.2, -0.15) is 0 Å². The van der Waals surface area contributed by atoms with Gasteiger partial charge in [0.25, 0.3) is 0 Å². The average molecular weight is 321 g/mol. The Bertz CT molecular complexity index is 444.